The molecule has 0 saturated carbocycles. The average Bonchev–Trinajstić information content (AvgIpc) is 2.24. The molecule has 0 aromatic carbocycles. The summed E-state index contributed by atoms with van der Waals surface area (Å²) in [5.74, 6) is 0.929. The lowest BCUT2D eigenvalue weighted by Crippen LogP contribution is -2.40. The number of nitrogens with one attached hydrogen (secondary N) is 1. The molecule has 1 aliphatic rings. The van der Waals surface area contributed by atoms with Gasteiger partial charge in [-0.3, -0.25) is 0 Å². The molecule has 0 aromatic rings. The Morgan fingerprint density at radius 2 is 2.13 bits per heavy atom. The summed E-state index contributed by atoms with van der Waals surface area (Å²) in [7, 11) is 0. The number of piperidine rings is 1. The molecule has 1 aliphatic heterocycles. The van der Waals surface area contributed by atoms with E-state index in [1.165, 1.54) is 51.9 Å². The Morgan fingerprint density at radius 1 is 1.33 bits per heavy atom. The van der Waals surface area contributed by atoms with E-state index in [1.54, 1.807) is 0 Å². The zero-order valence-corrected chi connectivity index (χ0v) is 10.8. The Morgan fingerprint density at radius 3 is 2.73 bits per heavy atom. The van der Waals surface area contributed by atoms with Gasteiger partial charge in [-0.15, -0.1) is 0 Å². The van der Waals surface area contributed by atoms with Crippen LogP contribution in [0.25, 0.3) is 0 Å². The van der Waals surface area contributed by atoms with Gasteiger partial charge in [0.25, 0.3) is 0 Å². The van der Waals surface area contributed by atoms with Gasteiger partial charge in [0.15, 0.2) is 0 Å². The van der Waals surface area contributed by atoms with Crippen LogP contribution < -0.4 is 5.32 Å². The number of hydrogen-bond donors (Lipinski definition) is 1. The van der Waals surface area contributed by atoms with E-state index in [2.05, 4.69) is 31.0 Å². The number of unbranched alkanes of at least 4 members (excludes halogenated alkanes) is 1. The largest absolute Gasteiger partial charge is 0.314 e. The highest BCUT2D eigenvalue weighted by Gasteiger charge is 2.19. The van der Waals surface area contributed by atoms with E-state index in [4.69, 9.17) is 0 Å². The van der Waals surface area contributed by atoms with Gasteiger partial charge in [-0.1, -0.05) is 20.3 Å². The first-order chi connectivity index (χ1) is 7.26. The van der Waals surface area contributed by atoms with Crippen LogP contribution in [0.15, 0.2) is 0 Å². The number of rotatable bonds is 6. The summed E-state index contributed by atoms with van der Waals surface area (Å²) < 4.78 is 0. The van der Waals surface area contributed by atoms with E-state index in [1.807, 2.05) is 0 Å². The first-order valence-electron chi connectivity index (χ1n) is 6.72. The van der Waals surface area contributed by atoms with E-state index in [0.717, 1.165) is 12.0 Å². The van der Waals surface area contributed by atoms with Crippen molar-refractivity contribution in [3.05, 3.63) is 0 Å². The van der Waals surface area contributed by atoms with Gasteiger partial charge in [0.2, 0.25) is 0 Å². The van der Waals surface area contributed by atoms with Crippen LogP contribution in [0.4, 0.5) is 0 Å². The highest BCUT2D eigenvalue weighted by Crippen LogP contribution is 2.17. The van der Waals surface area contributed by atoms with E-state index in [9.17, 15) is 0 Å². The minimum Gasteiger partial charge on any atom is -0.314 e. The Labute approximate surface area is 95.4 Å². The van der Waals surface area contributed by atoms with E-state index in [-0.39, 0.29) is 0 Å². The maximum Gasteiger partial charge on any atom is 0.00418 e. The molecule has 0 aromatic heterocycles. The Balaban J connectivity index is 2.24. The van der Waals surface area contributed by atoms with Gasteiger partial charge >= 0.3 is 0 Å². The fourth-order valence-corrected chi connectivity index (χ4v) is 2.53. The maximum atomic E-state index is 3.53. The SMILES string of the molecule is CCCCN(CC)CC1CCNC(C)C1. The number of nitrogens with zero attached hydrogens (tertiary/aromatic N) is 1. The maximum absolute atomic E-state index is 3.53. The zero-order valence-electron chi connectivity index (χ0n) is 10.8. The predicted molar refractivity (Wildman–Crippen MR) is 67.2 cm³/mol. The number of hydrogen-bond acceptors (Lipinski definition) is 2. The topological polar surface area (TPSA) is 15.3 Å². The lowest BCUT2D eigenvalue weighted by molar-refractivity contribution is 0.196. The molecule has 2 unspecified atom stereocenters. The van der Waals surface area contributed by atoms with E-state index >= 15 is 0 Å². The van der Waals surface area contributed by atoms with Crippen molar-refractivity contribution in [2.45, 2.75) is 52.5 Å². The van der Waals surface area contributed by atoms with Gasteiger partial charge in [-0.25, -0.2) is 0 Å². The quantitative estimate of drug-likeness (QED) is 0.728. The van der Waals surface area contributed by atoms with Crippen molar-refractivity contribution in [1.82, 2.24) is 10.2 Å². The molecule has 0 spiro atoms. The highest BCUT2D eigenvalue weighted by atomic mass is 15.1. The van der Waals surface area contributed by atoms with Gasteiger partial charge in [-0.2, -0.15) is 0 Å². The molecule has 0 radical (unpaired) electrons. The van der Waals surface area contributed by atoms with Crippen LogP contribution in [0.5, 0.6) is 0 Å². The lowest BCUT2D eigenvalue weighted by atomic mass is 9.93. The van der Waals surface area contributed by atoms with Crippen molar-refractivity contribution in [2.24, 2.45) is 5.92 Å². The van der Waals surface area contributed by atoms with E-state index < -0.39 is 0 Å². The molecular weight excluding hydrogens is 184 g/mol. The summed E-state index contributed by atoms with van der Waals surface area (Å²) in [6.07, 6.45) is 5.41. The normalized spacial score (nSPS) is 27.2. The van der Waals surface area contributed by atoms with Crippen molar-refractivity contribution >= 4 is 0 Å². The van der Waals surface area contributed by atoms with Gasteiger partial charge in [0.1, 0.15) is 0 Å². The fraction of sp³-hybridized carbons (Fsp3) is 1.00. The third-order valence-electron chi connectivity index (χ3n) is 3.52. The van der Waals surface area contributed by atoms with Gasteiger partial charge in [0.05, 0.1) is 0 Å². The second-order valence-electron chi connectivity index (χ2n) is 4.99. The molecule has 1 heterocycles. The van der Waals surface area contributed by atoms with Gasteiger partial charge in [0, 0.05) is 12.6 Å². The Kier molecular flexibility index (Phi) is 6.26. The van der Waals surface area contributed by atoms with Crippen LogP contribution in [0, 0.1) is 5.92 Å². The third kappa shape index (κ3) is 4.98. The summed E-state index contributed by atoms with van der Waals surface area (Å²) in [6.45, 7) is 11.9. The molecule has 2 atom stereocenters. The van der Waals surface area contributed by atoms with Crippen LogP contribution in [0.1, 0.15) is 46.5 Å². The van der Waals surface area contributed by atoms with Crippen molar-refractivity contribution in [2.75, 3.05) is 26.2 Å². The molecule has 0 bridgehead atoms. The van der Waals surface area contributed by atoms with Crippen LogP contribution in [0.3, 0.4) is 0 Å². The Bertz CT molecular complexity index is 159. The smallest absolute Gasteiger partial charge is 0.00418 e. The summed E-state index contributed by atoms with van der Waals surface area (Å²) in [6, 6.07) is 0.730. The molecule has 15 heavy (non-hydrogen) atoms. The van der Waals surface area contributed by atoms with Crippen LogP contribution in [-0.4, -0.2) is 37.1 Å². The predicted octanol–water partition coefficient (Wildman–Crippen LogP) is 2.50. The molecule has 90 valence electrons. The van der Waals surface area contributed by atoms with E-state index in [0.29, 0.717) is 0 Å². The summed E-state index contributed by atoms with van der Waals surface area (Å²) in [5.41, 5.74) is 0. The lowest BCUT2D eigenvalue weighted by Gasteiger charge is -2.32. The average molecular weight is 212 g/mol. The Hall–Kier alpha value is -0.0800. The standard InChI is InChI=1S/C13H28N2/c1-4-6-9-15(5-2)11-13-7-8-14-12(3)10-13/h12-14H,4-11H2,1-3H3. The second-order valence-corrected chi connectivity index (χ2v) is 4.99. The second kappa shape index (κ2) is 7.24. The van der Waals surface area contributed by atoms with Crippen LogP contribution in [0.2, 0.25) is 0 Å². The molecule has 1 rings (SSSR count). The van der Waals surface area contributed by atoms with Crippen molar-refractivity contribution in [1.29, 1.82) is 0 Å². The first kappa shape index (κ1) is 13.0. The molecule has 2 heteroatoms. The third-order valence-corrected chi connectivity index (χ3v) is 3.52. The van der Waals surface area contributed by atoms with Crippen molar-refractivity contribution in [3.8, 4) is 0 Å². The minimum absolute atomic E-state index is 0.730. The van der Waals surface area contributed by atoms with Crippen LogP contribution >= 0.6 is 0 Å². The summed E-state index contributed by atoms with van der Waals surface area (Å²) in [5, 5.41) is 3.53. The van der Waals surface area contributed by atoms with Crippen LogP contribution in [-0.2, 0) is 0 Å². The molecular formula is C13H28N2. The summed E-state index contributed by atoms with van der Waals surface area (Å²) >= 11 is 0. The zero-order chi connectivity index (χ0) is 11.1. The molecule has 0 amide bonds. The summed E-state index contributed by atoms with van der Waals surface area (Å²) in [4.78, 5) is 2.63. The molecule has 1 fully saturated rings. The van der Waals surface area contributed by atoms with Gasteiger partial charge in [-0.05, 0) is 51.7 Å². The highest BCUT2D eigenvalue weighted by molar-refractivity contribution is 4.77. The monoisotopic (exact) mass is 212 g/mol. The fourth-order valence-electron chi connectivity index (χ4n) is 2.53. The molecule has 0 aliphatic carbocycles. The molecule has 2 nitrogen and oxygen atoms in total. The first-order valence-corrected chi connectivity index (χ1v) is 6.72. The van der Waals surface area contributed by atoms with Crippen molar-refractivity contribution < 1.29 is 0 Å². The molecule has 1 N–H and O–H groups in total. The van der Waals surface area contributed by atoms with Crippen molar-refractivity contribution in [3.63, 3.8) is 0 Å². The molecule has 1 saturated heterocycles. The van der Waals surface area contributed by atoms with Gasteiger partial charge < -0.3 is 10.2 Å². The minimum atomic E-state index is 0.730.